The maximum absolute atomic E-state index is 15.3. The van der Waals surface area contributed by atoms with Gasteiger partial charge in [-0.2, -0.15) is 0 Å². The quantitative estimate of drug-likeness (QED) is 0.381. The molecule has 0 unspecified atom stereocenters. The normalized spacial score (nSPS) is 18.5. The lowest BCUT2D eigenvalue weighted by Crippen LogP contribution is -2.65. The molecule has 6 rings (SSSR count). The van der Waals surface area contributed by atoms with Gasteiger partial charge in [0.25, 0.3) is 0 Å². The lowest BCUT2D eigenvalue weighted by atomic mass is 9.62. The number of carbonyl (C=O) groups is 1. The SMILES string of the molecule is Cc1c(-c2cc3cc(NC(=O)NC4CC5(CNC5)C4)ncc3c(N)c2F)cnc2c1NCCC2. The Morgan fingerprint density at radius 2 is 2.03 bits per heavy atom. The molecule has 176 valence electrons. The van der Waals surface area contributed by atoms with E-state index < -0.39 is 5.82 Å². The predicted molar refractivity (Wildman–Crippen MR) is 131 cm³/mol. The Bertz CT molecular complexity index is 1310. The fraction of sp³-hybridized carbons (Fsp3) is 0.400. The molecule has 2 aliphatic heterocycles. The van der Waals surface area contributed by atoms with E-state index in [2.05, 4.69) is 31.2 Å². The van der Waals surface area contributed by atoms with E-state index in [1.807, 2.05) is 6.92 Å². The van der Waals surface area contributed by atoms with Gasteiger partial charge in [0, 0.05) is 54.6 Å². The first-order valence-electron chi connectivity index (χ1n) is 11.8. The van der Waals surface area contributed by atoms with Crippen LogP contribution in [0.25, 0.3) is 21.9 Å². The van der Waals surface area contributed by atoms with Crippen LogP contribution in [0.15, 0.2) is 24.5 Å². The topological polar surface area (TPSA) is 117 Å². The zero-order valence-electron chi connectivity index (χ0n) is 19.1. The summed E-state index contributed by atoms with van der Waals surface area (Å²) in [7, 11) is 0. The molecule has 2 fully saturated rings. The van der Waals surface area contributed by atoms with Crippen molar-refractivity contribution in [1.82, 2.24) is 20.6 Å². The first-order chi connectivity index (χ1) is 16.4. The van der Waals surface area contributed by atoms with E-state index >= 15 is 4.39 Å². The van der Waals surface area contributed by atoms with Crippen molar-refractivity contribution in [3.63, 3.8) is 0 Å². The Balaban J connectivity index is 1.28. The number of aryl methyl sites for hydroxylation is 1. The van der Waals surface area contributed by atoms with Crippen LogP contribution in [0, 0.1) is 18.2 Å². The van der Waals surface area contributed by atoms with Gasteiger partial charge in [-0.1, -0.05) is 0 Å². The van der Waals surface area contributed by atoms with Gasteiger partial charge in [-0.3, -0.25) is 10.3 Å². The van der Waals surface area contributed by atoms with Crippen molar-refractivity contribution < 1.29 is 9.18 Å². The minimum Gasteiger partial charge on any atom is -0.396 e. The Morgan fingerprint density at radius 1 is 1.21 bits per heavy atom. The number of nitrogen functional groups attached to an aromatic ring is 1. The molecule has 3 aliphatic rings. The molecule has 4 heterocycles. The number of carbonyl (C=O) groups excluding carboxylic acids is 1. The minimum atomic E-state index is -0.488. The second kappa shape index (κ2) is 7.80. The van der Waals surface area contributed by atoms with Crippen molar-refractivity contribution in [3.05, 3.63) is 41.6 Å². The predicted octanol–water partition coefficient (Wildman–Crippen LogP) is 3.56. The number of fused-ring (bicyclic) bond motifs is 2. The van der Waals surface area contributed by atoms with Gasteiger partial charge in [0.1, 0.15) is 5.82 Å². The van der Waals surface area contributed by atoms with Gasteiger partial charge in [0.15, 0.2) is 5.82 Å². The number of hydrogen-bond acceptors (Lipinski definition) is 6. The molecule has 0 bridgehead atoms. The third-order valence-electron chi connectivity index (χ3n) is 7.53. The summed E-state index contributed by atoms with van der Waals surface area (Å²) in [6, 6.07) is 3.39. The monoisotopic (exact) mass is 461 g/mol. The summed E-state index contributed by atoms with van der Waals surface area (Å²) in [6.45, 7) is 4.92. The molecule has 0 atom stereocenters. The molecule has 8 nitrogen and oxygen atoms in total. The summed E-state index contributed by atoms with van der Waals surface area (Å²) in [5.74, 6) is -0.0962. The van der Waals surface area contributed by atoms with Crippen LogP contribution >= 0.6 is 0 Å². The largest absolute Gasteiger partial charge is 0.396 e. The number of aromatic nitrogens is 2. The molecular weight excluding hydrogens is 433 g/mol. The summed E-state index contributed by atoms with van der Waals surface area (Å²) < 4.78 is 15.3. The third-order valence-corrected chi connectivity index (χ3v) is 7.53. The lowest BCUT2D eigenvalue weighted by molar-refractivity contribution is 0.0289. The van der Waals surface area contributed by atoms with E-state index in [-0.39, 0.29) is 17.8 Å². The maximum Gasteiger partial charge on any atom is 0.320 e. The van der Waals surface area contributed by atoms with E-state index in [9.17, 15) is 4.79 Å². The average molecular weight is 462 g/mol. The van der Waals surface area contributed by atoms with Gasteiger partial charge in [-0.05, 0) is 61.1 Å². The number of benzene rings is 1. The molecule has 34 heavy (non-hydrogen) atoms. The van der Waals surface area contributed by atoms with Gasteiger partial charge in [0.2, 0.25) is 0 Å². The van der Waals surface area contributed by atoms with Crippen LogP contribution < -0.4 is 27.0 Å². The Kier molecular flexibility index (Phi) is 4.84. The van der Waals surface area contributed by atoms with Crippen molar-refractivity contribution in [2.24, 2.45) is 5.41 Å². The number of urea groups is 1. The van der Waals surface area contributed by atoms with Crippen molar-refractivity contribution >= 4 is 34.0 Å². The van der Waals surface area contributed by atoms with Crippen molar-refractivity contribution in [3.8, 4) is 11.1 Å². The minimum absolute atomic E-state index is 0.0370. The Hall–Kier alpha value is -3.46. The number of pyridine rings is 2. The highest BCUT2D eigenvalue weighted by Crippen LogP contribution is 2.44. The summed E-state index contributed by atoms with van der Waals surface area (Å²) >= 11 is 0. The molecule has 1 aromatic carbocycles. The molecule has 1 saturated carbocycles. The van der Waals surface area contributed by atoms with Gasteiger partial charge >= 0.3 is 6.03 Å². The molecular formula is C25H28FN7O. The zero-order chi connectivity index (χ0) is 23.4. The summed E-state index contributed by atoms with van der Waals surface area (Å²) in [5.41, 5.74) is 10.6. The molecule has 0 radical (unpaired) electrons. The number of anilines is 3. The number of halogens is 1. The fourth-order valence-electron chi connectivity index (χ4n) is 5.57. The number of nitrogens with two attached hydrogens (primary N) is 1. The molecule has 6 N–H and O–H groups in total. The molecule has 2 aromatic heterocycles. The lowest BCUT2D eigenvalue weighted by Gasteiger charge is -2.54. The number of nitrogens with one attached hydrogen (secondary N) is 4. The average Bonchev–Trinajstić information content (AvgIpc) is 2.78. The molecule has 1 aliphatic carbocycles. The van der Waals surface area contributed by atoms with Crippen LogP contribution in [0.4, 0.5) is 26.4 Å². The molecule has 9 heteroatoms. The summed E-state index contributed by atoms with van der Waals surface area (Å²) in [6.07, 6.45) is 7.17. The van der Waals surface area contributed by atoms with Crippen molar-refractivity contribution in [1.29, 1.82) is 0 Å². The second-order valence-corrected chi connectivity index (χ2v) is 9.90. The standard InChI is InChI=1S/C25H28FN7O/c1-13-17(9-30-19-3-2-4-29-23(13)19)16-5-14-6-20(31-10-18(14)22(27)21(16)26)33-24(34)32-15-7-25(8-15)11-28-12-25/h5-6,9-10,15,28-29H,2-4,7-8,11-12,27H2,1H3,(H2,31,32,33,34). The molecule has 3 aromatic rings. The third kappa shape index (κ3) is 3.42. The summed E-state index contributed by atoms with van der Waals surface area (Å²) in [5, 5.41) is 13.7. The fourth-order valence-corrected chi connectivity index (χ4v) is 5.57. The van der Waals surface area contributed by atoms with E-state index in [1.54, 1.807) is 18.3 Å². The van der Waals surface area contributed by atoms with Gasteiger partial charge < -0.3 is 21.7 Å². The molecule has 1 saturated heterocycles. The van der Waals surface area contributed by atoms with Gasteiger partial charge in [-0.15, -0.1) is 0 Å². The molecule has 2 amide bonds. The first-order valence-corrected chi connectivity index (χ1v) is 11.8. The van der Waals surface area contributed by atoms with E-state index in [0.29, 0.717) is 33.1 Å². The van der Waals surface area contributed by atoms with Gasteiger partial charge in [-0.25, -0.2) is 14.2 Å². The van der Waals surface area contributed by atoms with E-state index in [0.717, 1.165) is 62.3 Å². The van der Waals surface area contributed by atoms with Crippen LogP contribution in [0.1, 0.15) is 30.5 Å². The van der Waals surface area contributed by atoms with E-state index in [4.69, 9.17) is 5.73 Å². The Labute approximate surface area is 196 Å². The van der Waals surface area contributed by atoms with Crippen LogP contribution in [-0.4, -0.2) is 41.7 Å². The summed E-state index contributed by atoms with van der Waals surface area (Å²) in [4.78, 5) is 21.3. The van der Waals surface area contributed by atoms with Crippen LogP contribution in [-0.2, 0) is 6.42 Å². The second-order valence-electron chi connectivity index (χ2n) is 9.90. The zero-order valence-corrected chi connectivity index (χ0v) is 19.1. The van der Waals surface area contributed by atoms with Crippen LogP contribution in [0.2, 0.25) is 0 Å². The smallest absolute Gasteiger partial charge is 0.320 e. The van der Waals surface area contributed by atoms with Gasteiger partial charge in [0.05, 0.1) is 17.1 Å². The number of nitrogens with zero attached hydrogens (tertiary/aromatic N) is 2. The number of amides is 2. The van der Waals surface area contributed by atoms with Crippen LogP contribution in [0.5, 0.6) is 0 Å². The molecule has 1 spiro atoms. The highest BCUT2D eigenvalue weighted by Gasteiger charge is 2.48. The first kappa shape index (κ1) is 21.1. The highest BCUT2D eigenvalue weighted by atomic mass is 19.1. The van der Waals surface area contributed by atoms with Crippen LogP contribution in [0.3, 0.4) is 0 Å². The maximum atomic E-state index is 15.3. The van der Waals surface area contributed by atoms with Crippen molar-refractivity contribution in [2.75, 3.05) is 36.0 Å². The van der Waals surface area contributed by atoms with E-state index in [1.165, 1.54) is 6.20 Å². The van der Waals surface area contributed by atoms with Crippen molar-refractivity contribution in [2.45, 2.75) is 38.6 Å². The highest BCUT2D eigenvalue weighted by molar-refractivity contribution is 6.00. The number of hydrogen-bond donors (Lipinski definition) is 5. The number of rotatable bonds is 3. The Morgan fingerprint density at radius 3 is 2.79 bits per heavy atom.